The molecule has 0 amide bonds. The monoisotopic (exact) mass is 285 g/mol. The maximum absolute atomic E-state index is 12.2. The molecule has 0 aliphatic heterocycles. The number of esters is 1. The molecule has 0 aromatic carbocycles. The van der Waals surface area contributed by atoms with Crippen molar-refractivity contribution in [2.24, 2.45) is 0 Å². The predicted molar refractivity (Wildman–Crippen MR) is 73.3 cm³/mol. The number of thiophene rings is 1. The first kappa shape index (κ1) is 15.7. The molecule has 6 heteroatoms. The molecule has 1 unspecified atom stereocenters. The summed E-state index contributed by atoms with van der Waals surface area (Å²) in [5, 5.41) is 13.9. The first-order chi connectivity index (χ1) is 8.71. The van der Waals surface area contributed by atoms with Crippen LogP contribution in [0.2, 0.25) is 0 Å². The normalized spacial score (nSPS) is 14.7. The van der Waals surface area contributed by atoms with Crippen LogP contribution in [0.4, 0.5) is 0 Å². The molecule has 5 nitrogen and oxygen atoms in total. The van der Waals surface area contributed by atoms with Crippen molar-refractivity contribution in [1.82, 2.24) is 5.32 Å². The van der Waals surface area contributed by atoms with E-state index in [-0.39, 0.29) is 6.42 Å². The molecule has 1 heterocycles. The summed E-state index contributed by atoms with van der Waals surface area (Å²) in [7, 11) is 1.45. The Bertz CT molecular complexity index is 450. The molecule has 0 saturated heterocycles. The Kier molecular flexibility index (Phi) is 4.70. The highest BCUT2D eigenvalue weighted by atomic mass is 32.1. The van der Waals surface area contributed by atoms with E-state index in [9.17, 15) is 14.7 Å². The van der Waals surface area contributed by atoms with Crippen LogP contribution in [0.25, 0.3) is 0 Å². The van der Waals surface area contributed by atoms with Gasteiger partial charge in [-0.15, -0.1) is 11.3 Å². The fourth-order valence-electron chi connectivity index (χ4n) is 1.57. The molecule has 1 rings (SSSR count). The summed E-state index contributed by atoms with van der Waals surface area (Å²) < 4.78 is 5.23. The van der Waals surface area contributed by atoms with Crippen molar-refractivity contribution < 1.29 is 19.4 Å². The fraction of sp³-hybridized carbons (Fsp3) is 0.538. The van der Waals surface area contributed by atoms with Crippen LogP contribution in [0.5, 0.6) is 0 Å². The van der Waals surface area contributed by atoms with E-state index in [4.69, 9.17) is 4.74 Å². The third-order valence-corrected chi connectivity index (χ3v) is 3.44. The highest BCUT2D eigenvalue weighted by Gasteiger charge is 2.48. The molecule has 0 radical (unpaired) electrons. The molecule has 0 aliphatic rings. The van der Waals surface area contributed by atoms with Crippen LogP contribution in [0.15, 0.2) is 17.5 Å². The lowest BCUT2D eigenvalue weighted by atomic mass is 9.94. The lowest BCUT2D eigenvalue weighted by Crippen LogP contribution is -2.60. The standard InChI is InChI=1S/C13H19NO4S/c1-12(2,3)18-11(17)13(14-4,10(15)16)8-9-6-5-7-19-9/h5-7,14H,8H2,1-4H3,(H,15,16). The predicted octanol–water partition coefficient (Wildman–Crippen LogP) is 1.68. The molecule has 0 fully saturated rings. The Morgan fingerprint density at radius 2 is 2.05 bits per heavy atom. The van der Waals surface area contributed by atoms with Gasteiger partial charge in [0.15, 0.2) is 0 Å². The number of hydrogen-bond donors (Lipinski definition) is 2. The van der Waals surface area contributed by atoms with Gasteiger partial charge in [-0.25, -0.2) is 9.59 Å². The molecule has 0 aliphatic carbocycles. The molecule has 0 spiro atoms. The average molecular weight is 285 g/mol. The molecular weight excluding hydrogens is 266 g/mol. The molecule has 2 N–H and O–H groups in total. The molecule has 1 aromatic rings. The topological polar surface area (TPSA) is 75.6 Å². The second kappa shape index (κ2) is 5.71. The Morgan fingerprint density at radius 3 is 2.42 bits per heavy atom. The van der Waals surface area contributed by atoms with E-state index in [0.717, 1.165) is 4.88 Å². The van der Waals surface area contributed by atoms with Crippen molar-refractivity contribution >= 4 is 23.3 Å². The number of hydrogen-bond acceptors (Lipinski definition) is 5. The zero-order valence-corrected chi connectivity index (χ0v) is 12.3. The summed E-state index contributed by atoms with van der Waals surface area (Å²) in [6, 6.07) is 3.61. The third kappa shape index (κ3) is 3.78. The van der Waals surface area contributed by atoms with Crippen LogP contribution in [-0.2, 0) is 20.7 Å². The molecule has 19 heavy (non-hydrogen) atoms. The Balaban J connectivity index is 3.05. The second-order valence-corrected chi connectivity index (χ2v) is 6.25. The van der Waals surface area contributed by atoms with Crippen molar-refractivity contribution in [3.8, 4) is 0 Å². The zero-order chi connectivity index (χ0) is 14.7. The van der Waals surface area contributed by atoms with Gasteiger partial charge in [0.2, 0.25) is 5.54 Å². The summed E-state index contributed by atoms with van der Waals surface area (Å²) in [5.74, 6) is -2.01. The van der Waals surface area contributed by atoms with Crippen molar-refractivity contribution in [3.63, 3.8) is 0 Å². The Hall–Kier alpha value is -1.40. The number of carboxylic acids is 1. The number of likely N-dealkylation sites (N-methyl/N-ethyl adjacent to an activating group) is 1. The molecular formula is C13H19NO4S. The van der Waals surface area contributed by atoms with Crippen LogP contribution in [0, 0.1) is 0 Å². The zero-order valence-electron chi connectivity index (χ0n) is 11.5. The van der Waals surface area contributed by atoms with E-state index < -0.39 is 23.1 Å². The van der Waals surface area contributed by atoms with Crippen molar-refractivity contribution in [2.75, 3.05) is 7.05 Å². The van der Waals surface area contributed by atoms with E-state index in [1.807, 2.05) is 11.4 Å². The fourth-order valence-corrected chi connectivity index (χ4v) is 2.36. The summed E-state index contributed by atoms with van der Waals surface area (Å²) in [4.78, 5) is 24.6. The smallest absolute Gasteiger partial charge is 0.338 e. The number of carbonyl (C=O) groups excluding carboxylic acids is 1. The molecule has 1 atom stereocenters. The first-order valence-corrected chi connectivity index (χ1v) is 6.77. The molecule has 1 aromatic heterocycles. The number of carboxylic acid groups (broad SMARTS) is 1. The highest BCUT2D eigenvalue weighted by molar-refractivity contribution is 7.09. The van der Waals surface area contributed by atoms with Crippen LogP contribution < -0.4 is 5.32 Å². The van der Waals surface area contributed by atoms with E-state index in [2.05, 4.69) is 5.32 Å². The van der Waals surface area contributed by atoms with Crippen molar-refractivity contribution in [2.45, 2.75) is 38.3 Å². The largest absolute Gasteiger partial charge is 0.479 e. The molecule has 0 saturated carbocycles. The van der Waals surface area contributed by atoms with Gasteiger partial charge in [0, 0.05) is 11.3 Å². The lowest BCUT2D eigenvalue weighted by Gasteiger charge is -2.30. The van der Waals surface area contributed by atoms with Gasteiger partial charge in [0.1, 0.15) is 5.60 Å². The Labute approximate surface area is 116 Å². The van der Waals surface area contributed by atoms with Crippen molar-refractivity contribution in [1.29, 1.82) is 0 Å². The SMILES string of the molecule is CNC(Cc1cccs1)(C(=O)O)C(=O)OC(C)(C)C. The van der Waals surface area contributed by atoms with Crippen LogP contribution in [0.3, 0.4) is 0 Å². The minimum absolute atomic E-state index is 0.0609. The minimum atomic E-state index is -1.75. The third-order valence-electron chi connectivity index (χ3n) is 2.56. The van der Waals surface area contributed by atoms with Gasteiger partial charge in [-0.2, -0.15) is 0 Å². The van der Waals surface area contributed by atoms with E-state index in [1.165, 1.54) is 18.4 Å². The van der Waals surface area contributed by atoms with E-state index >= 15 is 0 Å². The lowest BCUT2D eigenvalue weighted by molar-refractivity contribution is -0.170. The quantitative estimate of drug-likeness (QED) is 0.636. The second-order valence-electron chi connectivity index (χ2n) is 5.22. The summed E-state index contributed by atoms with van der Waals surface area (Å²) >= 11 is 1.41. The number of carbonyl (C=O) groups is 2. The van der Waals surface area contributed by atoms with Crippen LogP contribution in [0.1, 0.15) is 25.6 Å². The van der Waals surface area contributed by atoms with Gasteiger partial charge >= 0.3 is 11.9 Å². The first-order valence-electron chi connectivity index (χ1n) is 5.89. The van der Waals surface area contributed by atoms with Gasteiger partial charge in [-0.3, -0.25) is 5.32 Å². The average Bonchev–Trinajstić information content (AvgIpc) is 2.75. The molecule has 106 valence electrons. The summed E-state index contributed by atoms with van der Waals surface area (Å²) in [6.45, 7) is 5.12. The van der Waals surface area contributed by atoms with Crippen LogP contribution in [-0.4, -0.2) is 35.2 Å². The molecule has 0 bridgehead atoms. The van der Waals surface area contributed by atoms with Gasteiger partial charge < -0.3 is 9.84 Å². The maximum atomic E-state index is 12.2. The van der Waals surface area contributed by atoms with Gasteiger partial charge in [-0.1, -0.05) is 6.07 Å². The number of nitrogens with one attached hydrogen (secondary N) is 1. The number of aliphatic carboxylic acids is 1. The minimum Gasteiger partial charge on any atom is -0.479 e. The van der Waals surface area contributed by atoms with E-state index in [0.29, 0.717) is 0 Å². The van der Waals surface area contributed by atoms with Crippen molar-refractivity contribution in [3.05, 3.63) is 22.4 Å². The van der Waals surface area contributed by atoms with Crippen LogP contribution >= 0.6 is 11.3 Å². The van der Waals surface area contributed by atoms with E-state index in [1.54, 1.807) is 26.8 Å². The number of ether oxygens (including phenoxy) is 1. The van der Waals surface area contributed by atoms with Gasteiger partial charge in [0.05, 0.1) is 0 Å². The Morgan fingerprint density at radius 1 is 1.42 bits per heavy atom. The summed E-state index contributed by atoms with van der Waals surface area (Å²) in [5.41, 5.74) is -2.48. The van der Waals surface area contributed by atoms with Gasteiger partial charge in [-0.05, 0) is 39.3 Å². The highest BCUT2D eigenvalue weighted by Crippen LogP contribution is 2.22. The summed E-state index contributed by atoms with van der Waals surface area (Å²) in [6.07, 6.45) is 0.0609. The van der Waals surface area contributed by atoms with Gasteiger partial charge in [0.25, 0.3) is 0 Å². The maximum Gasteiger partial charge on any atom is 0.338 e. The number of rotatable bonds is 5.